The SMILES string of the molecule is Cc1ccc(-c2n[nH]c3c(O)[nH]c(-c4ccc(Cl)cc4)c23)cc1. The van der Waals surface area contributed by atoms with Gasteiger partial charge in [0.2, 0.25) is 5.88 Å². The van der Waals surface area contributed by atoms with Gasteiger partial charge in [-0.15, -0.1) is 0 Å². The van der Waals surface area contributed by atoms with Crippen molar-refractivity contribution in [2.75, 3.05) is 0 Å². The van der Waals surface area contributed by atoms with Gasteiger partial charge in [0.25, 0.3) is 0 Å². The lowest BCUT2D eigenvalue weighted by molar-refractivity contribution is 0.461. The molecule has 23 heavy (non-hydrogen) atoms. The summed E-state index contributed by atoms with van der Waals surface area (Å²) >= 11 is 5.97. The average molecular weight is 324 g/mol. The zero-order chi connectivity index (χ0) is 16.0. The number of rotatable bonds is 2. The Labute approximate surface area is 137 Å². The van der Waals surface area contributed by atoms with E-state index in [0.717, 1.165) is 27.9 Å². The molecule has 0 saturated carbocycles. The molecule has 5 heteroatoms. The van der Waals surface area contributed by atoms with Crippen LogP contribution in [0.1, 0.15) is 5.56 Å². The minimum Gasteiger partial charge on any atom is -0.493 e. The number of nitrogens with zero attached hydrogens (tertiary/aromatic N) is 1. The van der Waals surface area contributed by atoms with Crippen molar-refractivity contribution in [3.8, 4) is 28.4 Å². The van der Waals surface area contributed by atoms with Crippen molar-refractivity contribution < 1.29 is 5.11 Å². The van der Waals surface area contributed by atoms with Gasteiger partial charge in [-0.05, 0) is 24.6 Å². The quantitative estimate of drug-likeness (QED) is 0.491. The molecule has 0 spiro atoms. The predicted molar refractivity (Wildman–Crippen MR) is 92.7 cm³/mol. The summed E-state index contributed by atoms with van der Waals surface area (Å²) in [5, 5.41) is 19.0. The maximum absolute atomic E-state index is 10.2. The van der Waals surface area contributed by atoms with Crippen LogP contribution in [0.15, 0.2) is 48.5 Å². The molecule has 0 aliphatic heterocycles. The Morgan fingerprint density at radius 2 is 1.61 bits per heavy atom. The van der Waals surface area contributed by atoms with Gasteiger partial charge in [-0.3, -0.25) is 5.10 Å². The zero-order valence-corrected chi connectivity index (χ0v) is 13.1. The molecular formula is C18H14ClN3O. The third kappa shape index (κ3) is 2.28. The summed E-state index contributed by atoms with van der Waals surface area (Å²) in [5.41, 5.74) is 5.35. The molecule has 0 aliphatic rings. The molecule has 0 saturated heterocycles. The predicted octanol–water partition coefficient (Wildman–Crippen LogP) is 4.89. The van der Waals surface area contributed by atoms with Gasteiger partial charge < -0.3 is 10.1 Å². The van der Waals surface area contributed by atoms with Crippen molar-refractivity contribution in [3.63, 3.8) is 0 Å². The first-order chi connectivity index (χ1) is 11.1. The molecular weight excluding hydrogens is 310 g/mol. The monoisotopic (exact) mass is 323 g/mol. The first-order valence-electron chi connectivity index (χ1n) is 7.25. The molecule has 2 aromatic heterocycles. The minimum absolute atomic E-state index is 0.0795. The lowest BCUT2D eigenvalue weighted by atomic mass is 10.0. The van der Waals surface area contributed by atoms with Crippen molar-refractivity contribution >= 4 is 22.5 Å². The van der Waals surface area contributed by atoms with Crippen molar-refractivity contribution in [1.29, 1.82) is 0 Å². The van der Waals surface area contributed by atoms with Crippen LogP contribution in [0.3, 0.4) is 0 Å². The molecule has 4 rings (SSSR count). The van der Waals surface area contributed by atoms with Gasteiger partial charge >= 0.3 is 0 Å². The van der Waals surface area contributed by atoms with Crippen LogP contribution in [-0.4, -0.2) is 20.3 Å². The Hall–Kier alpha value is -2.72. The van der Waals surface area contributed by atoms with Crippen LogP contribution in [0.5, 0.6) is 5.88 Å². The number of nitrogens with one attached hydrogen (secondary N) is 2. The van der Waals surface area contributed by atoms with Gasteiger partial charge in [0.05, 0.1) is 11.1 Å². The number of benzene rings is 2. The number of aromatic amines is 2. The molecule has 114 valence electrons. The summed E-state index contributed by atoms with van der Waals surface area (Å²) in [6.07, 6.45) is 0. The van der Waals surface area contributed by atoms with Crippen molar-refractivity contribution in [3.05, 3.63) is 59.1 Å². The highest BCUT2D eigenvalue weighted by molar-refractivity contribution is 6.30. The standard InChI is InChI=1S/C18H14ClN3O/c1-10-2-4-12(5-3-10)16-14-15(11-6-8-13(19)9-7-11)20-18(23)17(14)22-21-16/h2-9,20,22-23H,1H3. The van der Waals surface area contributed by atoms with Crippen LogP contribution in [0.25, 0.3) is 33.4 Å². The molecule has 0 amide bonds. The highest BCUT2D eigenvalue weighted by Crippen LogP contribution is 2.39. The van der Waals surface area contributed by atoms with E-state index in [9.17, 15) is 5.11 Å². The Balaban J connectivity index is 1.97. The van der Waals surface area contributed by atoms with Gasteiger partial charge in [-0.25, -0.2) is 0 Å². The Morgan fingerprint density at radius 3 is 2.30 bits per heavy atom. The molecule has 0 unspecified atom stereocenters. The molecule has 3 N–H and O–H groups in total. The van der Waals surface area contributed by atoms with Gasteiger partial charge in [0.1, 0.15) is 11.2 Å². The van der Waals surface area contributed by atoms with Crippen LogP contribution in [0.4, 0.5) is 0 Å². The second kappa shape index (κ2) is 5.18. The van der Waals surface area contributed by atoms with Crippen LogP contribution in [0.2, 0.25) is 5.02 Å². The van der Waals surface area contributed by atoms with E-state index in [1.165, 1.54) is 5.56 Å². The van der Waals surface area contributed by atoms with E-state index < -0.39 is 0 Å². The number of hydrogen-bond acceptors (Lipinski definition) is 2. The normalized spacial score (nSPS) is 11.2. The van der Waals surface area contributed by atoms with E-state index in [1.807, 2.05) is 55.5 Å². The fourth-order valence-electron chi connectivity index (χ4n) is 2.75. The van der Waals surface area contributed by atoms with E-state index in [0.29, 0.717) is 10.5 Å². The molecule has 0 atom stereocenters. The number of aromatic hydroxyl groups is 1. The first kappa shape index (κ1) is 13.9. The van der Waals surface area contributed by atoms with E-state index in [1.54, 1.807) is 0 Å². The Morgan fingerprint density at radius 1 is 0.957 bits per heavy atom. The lowest BCUT2D eigenvalue weighted by Gasteiger charge is -2.02. The van der Waals surface area contributed by atoms with Crippen LogP contribution in [-0.2, 0) is 0 Å². The topological polar surface area (TPSA) is 64.7 Å². The smallest absolute Gasteiger partial charge is 0.215 e. The Kier molecular flexibility index (Phi) is 3.13. The van der Waals surface area contributed by atoms with Gasteiger partial charge in [0, 0.05) is 10.6 Å². The number of halogens is 1. The maximum atomic E-state index is 10.2. The van der Waals surface area contributed by atoms with E-state index in [4.69, 9.17) is 11.6 Å². The summed E-state index contributed by atoms with van der Waals surface area (Å²) in [6, 6.07) is 15.6. The highest BCUT2D eigenvalue weighted by atomic mass is 35.5. The number of aryl methyl sites for hydroxylation is 1. The van der Waals surface area contributed by atoms with Crippen molar-refractivity contribution in [1.82, 2.24) is 15.2 Å². The molecule has 0 aliphatic carbocycles. The van der Waals surface area contributed by atoms with Gasteiger partial charge in [0.15, 0.2) is 0 Å². The molecule has 0 radical (unpaired) electrons. The number of aromatic nitrogens is 3. The second-order valence-corrected chi connectivity index (χ2v) is 5.98. The maximum Gasteiger partial charge on any atom is 0.215 e. The molecule has 0 fully saturated rings. The highest BCUT2D eigenvalue weighted by Gasteiger charge is 2.19. The molecule has 4 aromatic rings. The Bertz CT molecular complexity index is 982. The van der Waals surface area contributed by atoms with Gasteiger partial charge in [-0.2, -0.15) is 5.10 Å². The summed E-state index contributed by atoms with van der Waals surface area (Å²) in [6.45, 7) is 2.05. The lowest BCUT2D eigenvalue weighted by Crippen LogP contribution is -1.83. The minimum atomic E-state index is 0.0795. The number of hydrogen-bond donors (Lipinski definition) is 3. The first-order valence-corrected chi connectivity index (χ1v) is 7.63. The van der Waals surface area contributed by atoms with E-state index in [2.05, 4.69) is 15.2 Å². The van der Waals surface area contributed by atoms with E-state index in [-0.39, 0.29) is 5.88 Å². The summed E-state index contributed by atoms with van der Waals surface area (Å²) in [7, 11) is 0. The van der Waals surface area contributed by atoms with E-state index >= 15 is 0 Å². The molecule has 2 aromatic carbocycles. The van der Waals surface area contributed by atoms with Crippen LogP contribution < -0.4 is 0 Å². The second-order valence-electron chi connectivity index (χ2n) is 5.54. The summed E-state index contributed by atoms with van der Waals surface area (Å²) < 4.78 is 0. The number of H-pyrrole nitrogens is 2. The van der Waals surface area contributed by atoms with Crippen LogP contribution in [0, 0.1) is 6.92 Å². The third-order valence-electron chi connectivity index (χ3n) is 3.95. The molecule has 4 nitrogen and oxygen atoms in total. The van der Waals surface area contributed by atoms with Crippen molar-refractivity contribution in [2.45, 2.75) is 6.92 Å². The fourth-order valence-corrected chi connectivity index (χ4v) is 2.88. The van der Waals surface area contributed by atoms with Crippen LogP contribution >= 0.6 is 11.6 Å². The largest absolute Gasteiger partial charge is 0.493 e. The van der Waals surface area contributed by atoms with Gasteiger partial charge in [-0.1, -0.05) is 53.6 Å². The molecule has 2 heterocycles. The third-order valence-corrected chi connectivity index (χ3v) is 4.21. The number of fused-ring (bicyclic) bond motifs is 1. The van der Waals surface area contributed by atoms with Crippen molar-refractivity contribution in [2.24, 2.45) is 0 Å². The summed E-state index contributed by atoms with van der Waals surface area (Å²) in [4.78, 5) is 3.03. The average Bonchev–Trinajstić information content (AvgIpc) is 3.11. The summed E-state index contributed by atoms with van der Waals surface area (Å²) in [5.74, 6) is 0.0795. The zero-order valence-electron chi connectivity index (χ0n) is 12.4. The fraction of sp³-hybridized carbons (Fsp3) is 0.0556. The molecule has 0 bridgehead atoms.